The van der Waals surface area contributed by atoms with E-state index in [-0.39, 0.29) is 0 Å². The first-order valence-electron chi connectivity index (χ1n) is 12.0. The maximum absolute atomic E-state index is 13.1. The highest BCUT2D eigenvalue weighted by atomic mass is 19.4. The summed E-state index contributed by atoms with van der Waals surface area (Å²) in [5.74, 6) is -0.298. The molecular weight excluding hydrogens is 497 g/mol. The molecule has 3 nitrogen and oxygen atoms in total. The lowest BCUT2D eigenvalue weighted by Gasteiger charge is -2.43. The van der Waals surface area contributed by atoms with Crippen molar-refractivity contribution < 1.29 is 40.6 Å². The largest absolute Gasteiger partial charge is 0.573 e. The summed E-state index contributed by atoms with van der Waals surface area (Å²) in [6.45, 7) is 2.05. The normalized spacial score (nSPS) is 12.3. The second-order valence-electron chi connectivity index (χ2n) is 8.91. The van der Waals surface area contributed by atoms with Gasteiger partial charge in [0.15, 0.2) is 0 Å². The number of methoxy groups -OCH3 is 1. The number of alkyl halides is 6. The summed E-state index contributed by atoms with van der Waals surface area (Å²) in [5.41, 5.74) is 1.70. The molecular formula is C27H28BF6O3-. The summed E-state index contributed by atoms with van der Waals surface area (Å²) in [6, 6.07) is 18.4. The quantitative estimate of drug-likeness (QED) is 0.162. The highest BCUT2D eigenvalue weighted by Gasteiger charge is 2.35. The van der Waals surface area contributed by atoms with Gasteiger partial charge >= 0.3 is 12.7 Å². The van der Waals surface area contributed by atoms with Gasteiger partial charge in [0.2, 0.25) is 0 Å². The van der Waals surface area contributed by atoms with Gasteiger partial charge in [-0.05, 0) is 18.2 Å². The number of benzene rings is 3. The van der Waals surface area contributed by atoms with Crippen molar-refractivity contribution in [3.63, 3.8) is 0 Å². The Hall–Kier alpha value is -3.30. The topological polar surface area (TPSA) is 27.7 Å². The number of rotatable bonds is 11. The summed E-state index contributed by atoms with van der Waals surface area (Å²) >= 11 is 0. The van der Waals surface area contributed by atoms with Gasteiger partial charge in [0.25, 0.3) is 0 Å². The molecule has 3 aromatic carbocycles. The molecule has 10 heteroatoms. The van der Waals surface area contributed by atoms with Crippen molar-refractivity contribution in [2.75, 3.05) is 7.11 Å². The van der Waals surface area contributed by atoms with Crippen molar-refractivity contribution in [2.45, 2.75) is 51.7 Å². The van der Waals surface area contributed by atoms with E-state index >= 15 is 0 Å². The Kier molecular flexibility index (Phi) is 9.05. The Morgan fingerprint density at radius 3 is 1.46 bits per heavy atom. The van der Waals surface area contributed by atoms with E-state index in [0.29, 0.717) is 34.9 Å². The molecule has 0 saturated heterocycles. The summed E-state index contributed by atoms with van der Waals surface area (Å²) < 4.78 is 92.1. The van der Waals surface area contributed by atoms with E-state index in [1.54, 1.807) is 30.3 Å². The van der Waals surface area contributed by atoms with Crippen LogP contribution < -0.4 is 30.6 Å². The van der Waals surface area contributed by atoms with Crippen LogP contribution in [0.4, 0.5) is 26.3 Å². The maximum atomic E-state index is 13.1. The van der Waals surface area contributed by atoms with Gasteiger partial charge in [-0.3, -0.25) is 0 Å². The Morgan fingerprint density at radius 1 is 0.622 bits per heavy atom. The molecule has 0 fully saturated rings. The minimum absolute atomic E-state index is 0.407. The van der Waals surface area contributed by atoms with Crippen LogP contribution in [0.15, 0.2) is 72.8 Å². The number of unbranched alkanes of at least 4 members (excludes halogenated alkanes) is 3. The Labute approximate surface area is 212 Å². The molecule has 0 bridgehead atoms. The van der Waals surface area contributed by atoms with E-state index in [1.165, 1.54) is 43.5 Å². The van der Waals surface area contributed by atoms with Gasteiger partial charge in [-0.2, -0.15) is 22.7 Å². The molecule has 200 valence electrons. The van der Waals surface area contributed by atoms with Crippen LogP contribution in [0.25, 0.3) is 0 Å². The van der Waals surface area contributed by atoms with Gasteiger partial charge in [-0.25, -0.2) is 0 Å². The van der Waals surface area contributed by atoms with Crippen LogP contribution in [0.5, 0.6) is 17.2 Å². The van der Waals surface area contributed by atoms with Crippen LogP contribution in [0.1, 0.15) is 32.6 Å². The van der Waals surface area contributed by atoms with Crippen LogP contribution in [0.2, 0.25) is 6.32 Å². The van der Waals surface area contributed by atoms with Gasteiger partial charge in [-0.1, -0.05) is 87.2 Å². The average molecular weight is 525 g/mol. The number of hydrogen-bond donors (Lipinski definition) is 0. The predicted molar refractivity (Wildman–Crippen MR) is 133 cm³/mol. The SMILES string of the molecule is CCCCCC[B-](c1cccc(OC)c1)(c1cccc(OC(F)(F)F)c1)c1cccc(OC(F)(F)F)c1. The van der Waals surface area contributed by atoms with Crippen molar-refractivity contribution in [1.29, 1.82) is 0 Å². The summed E-state index contributed by atoms with van der Waals surface area (Å²) in [4.78, 5) is 0. The molecule has 0 amide bonds. The zero-order valence-electron chi connectivity index (χ0n) is 20.5. The van der Waals surface area contributed by atoms with Gasteiger partial charge in [-0.15, -0.1) is 26.3 Å². The van der Waals surface area contributed by atoms with Crippen molar-refractivity contribution >= 4 is 22.5 Å². The molecule has 0 atom stereocenters. The number of hydrogen-bond acceptors (Lipinski definition) is 3. The molecule has 0 heterocycles. The van der Waals surface area contributed by atoms with Crippen molar-refractivity contribution in [3.8, 4) is 17.2 Å². The standard InChI is InChI=1S/C27H28BF6O3/c1-3-4-5-6-16-28(20-10-7-13-23(17-20)35-2,21-11-8-14-24(18-21)36-26(29,30)31)22-12-9-15-25(19-22)37-27(32,33)34/h7-15,17-19H,3-6,16H2,1-2H3/q-1. The summed E-state index contributed by atoms with van der Waals surface area (Å²) in [5, 5.41) is 0. The molecule has 0 aliphatic heterocycles. The van der Waals surface area contributed by atoms with Gasteiger partial charge in [0.05, 0.1) is 13.3 Å². The summed E-state index contributed by atoms with van der Waals surface area (Å²) in [7, 11) is 1.49. The third-order valence-corrected chi connectivity index (χ3v) is 6.47. The molecule has 0 N–H and O–H groups in total. The smallest absolute Gasteiger partial charge is 0.497 e. The van der Waals surface area contributed by atoms with E-state index < -0.39 is 30.4 Å². The Bertz CT molecular complexity index is 1100. The van der Waals surface area contributed by atoms with E-state index in [9.17, 15) is 26.3 Å². The third-order valence-electron chi connectivity index (χ3n) is 6.47. The number of ether oxygens (including phenoxy) is 3. The molecule has 0 saturated carbocycles. The minimum Gasteiger partial charge on any atom is -0.497 e. The fourth-order valence-corrected chi connectivity index (χ4v) is 4.94. The van der Waals surface area contributed by atoms with E-state index in [2.05, 4.69) is 16.4 Å². The molecule has 0 radical (unpaired) electrons. The predicted octanol–water partition coefficient (Wildman–Crippen LogP) is 6.54. The first-order valence-corrected chi connectivity index (χ1v) is 12.0. The zero-order valence-corrected chi connectivity index (χ0v) is 20.5. The van der Waals surface area contributed by atoms with Crippen LogP contribution in [0, 0.1) is 0 Å². The van der Waals surface area contributed by atoms with E-state index in [1.807, 2.05) is 6.07 Å². The minimum atomic E-state index is -4.90. The van der Waals surface area contributed by atoms with Crippen molar-refractivity contribution in [2.24, 2.45) is 0 Å². The molecule has 0 aliphatic rings. The van der Waals surface area contributed by atoms with Crippen LogP contribution in [-0.4, -0.2) is 26.0 Å². The molecule has 0 aromatic heterocycles. The molecule has 0 aliphatic carbocycles. The molecule has 0 unspecified atom stereocenters. The Balaban J connectivity index is 2.28. The Morgan fingerprint density at radius 2 is 1.05 bits per heavy atom. The summed E-state index contributed by atoms with van der Waals surface area (Å²) in [6.07, 6.45) is -7.94. The zero-order chi connectivity index (χ0) is 27.1. The lowest BCUT2D eigenvalue weighted by atomic mass is 9.14. The third kappa shape index (κ3) is 7.60. The fraction of sp³-hybridized carbons (Fsp3) is 0.333. The highest BCUT2D eigenvalue weighted by Crippen LogP contribution is 2.27. The monoisotopic (exact) mass is 525 g/mol. The van der Waals surface area contributed by atoms with Crippen LogP contribution in [0.3, 0.4) is 0 Å². The van der Waals surface area contributed by atoms with E-state index in [0.717, 1.165) is 19.3 Å². The second kappa shape index (κ2) is 11.8. The lowest BCUT2D eigenvalue weighted by Crippen LogP contribution is -2.67. The van der Waals surface area contributed by atoms with Crippen molar-refractivity contribution in [1.82, 2.24) is 0 Å². The van der Waals surface area contributed by atoms with Gasteiger partial charge < -0.3 is 14.2 Å². The van der Waals surface area contributed by atoms with Gasteiger partial charge in [0.1, 0.15) is 17.2 Å². The average Bonchev–Trinajstić information content (AvgIpc) is 2.82. The highest BCUT2D eigenvalue weighted by molar-refractivity contribution is 7.11. The van der Waals surface area contributed by atoms with Crippen LogP contribution in [-0.2, 0) is 0 Å². The first-order chi connectivity index (χ1) is 17.5. The molecule has 37 heavy (non-hydrogen) atoms. The fourth-order valence-electron chi connectivity index (χ4n) is 4.94. The van der Waals surface area contributed by atoms with E-state index in [4.69, 9.17) is 4.74 Å². The number of halogens is 6. The lowest BCUT2D eigenvalue weighted by molar-refractivity contribution is -0.275. The van der Waals surface area contributed by atoms with Crippen molar-refractivity contribution in [3.05, 3.63) is 72.8 Å². The first kappa shape index (κ1) is 28.3. The molecule has 3 rings (SSSR count). The second-order valence-corrected chi connectivity index (χ2v) is 8.91. The van der Waals surface area contributed by atoms with Gasteiger partial charge in [0, 0.05) is 0 Å². The molecule has 3 aromatic rings. The molecule has 0 spiro atoms. The maximum Gasteiger partial charge on any atom is 0.573 e. The van der Waals surface area contributed by atoms with Crippen LogP contribution >= 0.6 is 0 Å².